The van der Waals surface area contributed by atoms with E-state index in [9.17, 15) is 9.69 Å². The Morgan fingerprint density at radius 2 is 0.521 bits per heavy atom. The molecule has 1 N–H and O–H groups in total. The van der Waals surface area contributed by atoms with Gasteiger partial charge in [-0.05, 0) is 97.5 Å². The van der Waals surface area contributed by atoms with Gasteiger partial charge in [0.05, 0.1) is 33.1 Å². The Kier molecular flexibility index (Phi) is 28.5. The van der Waals surface area contributed by atoms with E-state index in [1.165, 1.54) is 128 Å². The molecule has 17 nitrogen and oxygen atoms in total. The van der Waals surface area contributed by atoms with Crippen LogP contribution in [0.2, 0.25) is 0 Å². The topological polar surface area (TPSA) is 206 Å². The summed E-state index contributed by atoms with van der Waals surface area (Å²) in [5, 5.41) is 0. The number of fused-ring (bicyclic) bond motifs is 6. The van der Waals surface area contributed by atoms with Crippen molar-refractivity contribution in [1.29, 1.82) is 0 Å². The zero-order valence-electron chi connectivity index (χ0n) is 71.6. The number of benzene rings is 8. The average Bonchev–Trinajstić information content (AvgIpc) is 1.72. The van der Waals surface area contributed by atoms with E-state index in [-0.39, 0.29) is 46.8 Å². The van der Waals surface area contributed by atoms with Crippen molar-refractivity contribution in [2.24, 2.45) is 0 Å². The lowest BCUT2D eigenvalue weighted by molar-refractivity contribution is 0.112. The summed E-state index contributed by atoms with van der Waals surface area (Å²) in [4.78, 5) is 57.5. The summed E-state index contributed by atoms with van der Waals surface area (Å²) in [6.07, 6.45) is 44.2. The van der Waals surface area contributed by atoms with Crippen LogP contribution in [0.25, 0.3) is 44.2 Å². The van der Waals surface area contributed by atoms with Gasteiger partial charge in [0.25, 0.3) is 35.3 Å². The molecule has 5 unspecified atom stereocenters. The minimum absolute atomic E-state index is 0.0948. The smallest absolute Gasteiger partial charge is 0.434 e. The van der Waals surface area contributed by atoms with Gasteiger partial charge in [0, 0.05) is 98.0 Å². The van der Waals surface area contributed by atoms with Crippen molar-refractivity contribution in [2.45, 2.75) is 308 Å². The quantitative estimate of drug-likeness (QED) is 0.0214. The van der Waals surface area contributed by atoms with Crippen LogP contribution in [0.5, 0.6) is 81.3 Å². The summed E-state index contributed by atoms with van der Waals surface area (Å²) >= 11 is 0. The van der Waals surface area contributed by atoms with Crippen LogP contribution in [0.15, 0.2) is 140 Å². The van der Waals surface area contributed by atoms with Gasteiger partial charge >= 0.3 is 7.82 Å². The Hall–Kier alpha value is -9.96. The average molecular weight is 1650 g/mol. The molecular weight excluding hydrogens is 1530 g/mol. The van der Waals surface area contributed by atoms with Gasteiger partial charge in [-0.25, -0.2) is 34.5 Å². The summed E-state index contributed by atoms with van der Waals surface area (Å²) < 4.78 is 74.3. The van der Waals surface area contributed by atoms with Crippen LogP contribution in [0.3, 0.4) is 0 Å². The Labute approximate surface area is 714 Å². The van der Waals surface area contributed by atoms with Crippen molar-refractivity contribution in [3.05, 3.63) is 190 Å². The maximum Gasteiger partial charge on any atom is 0.584 e. The van der Waals surface area contributed by atoms with E-state index in [1.807, 2.05) is 115 Å². The van der Waals surface area contributed by atoms with Gasteiger partial charge in [-0.2, -0.15) is 0 Å². The molecule has 0 radical (unpaired) electrons. The number of hydrogen-bond acceptors (Lipinski definition) is 16. The molecule has 121 heavy (non-hydrogen) atoms. The summed E-state index contributed by atoms with van der Waals surface area (Å²) in [5.74, 6) is 1.88. The highest BCUT2D eigenvalue weighted by Gasteiger charge is 2.42. The number of carbonyl (C=O) groups excluding carboxylic acids is 1. The monoisotopic (exact) mass is 1650 g/mol. The van der Waals surface area contributed by atoms with E-state index in [4.69, 9.17) is 67.4 Å². The summed E-state index contributed by atoms with van der Waals surface area (Å²) in [5.41, 5.74) is 12.2. The largest absolute Gasteiger partial charge is 0.584 e. The highest BCUT2D eigenvalue weighted by molar-refractivity contribution is 7.48. The molecule has 8 aromatic carbocycles. The molecule has 5 atom stereocenters. The number of unbranched alkanes of at least 4 members (excludes halogenated alkanes) is 32. The first-order valence-electron chi connectivity index (χ1n) is 46.4. The number of carbonyl (C=O) groups is 1. The molecular formula is C103H121N6O11P. The molecule has 634 valence electrons. The molecule has 5 aliphatic rings. The Balaban J connectivity index is 0.987. The van der Waals surface area contributed by atoms with Crippen molar-refractivity contribution < 1.29 is 51.7 Å². The second-order valence-corrected chi connectivity index (χ2v) is 35.8. The van der Waals surface area contributed by atoms with Crippen LogP contribution < -0.4 is 37.5 Å². The SMILES string of the molecule is CCCCCCCCCCCC1c2cc3c4cc2Oc2nc5ccc(-c6ccccc6C=O)cc5nc2Oc2cc5c(cc21)C(CCCCCCCCCCC)c1cc2c(cc1Oc1nc6ccccc6nc1O5)OP(=O)(O)Oc1cc(c(cc1C2CCCCCCCCCCC)C3CCCCCCCCCCC)Oc1nc2ccccc2nc1O4. The van der Waals surface area contributed by atoms with Gasteiger partial charge in [0.2, 0.25) is 0 Å². The van der Waals surface area contributed by atoms with Crippen LogP contribution in [-0.2, 0) is 4.57 Å². The van der Waals surface area contributed by atoms with Gasteiger partial charge in [0.15, 0.2) is 6.29 Å². The highest BCUT2D eigenvalue weighted by Crippen LogP contribution is 2.61. The molecule has 0 saturated heterocycles. The fraction of sp³-hybridized carbons (Fsp3) is 0.466. The number of aldehydes is 1. The number of para-hydroxylation sites is 4. The molecule has 1 aliphatic carbocycles. The summed E-state index contributed by atoms with van der Waals surface area (Å²) in [7, 11) is -5.11. The molecule has 0 saturated carbocycles. The molecule has 7 heterocycles. The van der Waals surface area contributed by atoms with Gasteiger partial charge in [-0.3, -0.25) is 9.69 Å². The zero-order valence-corrected chi connectivity index (χ0v) is 72.5. The predicted molar refractivity (Wildman–Crippen MR) is 481 cm³/mol. The molecule has 3 aromatic heterocycles. The van der Waals surface area contributed by atoms with Crippen molar-refractivity contribution in [1.82, 2.24) is 29.9 Å². The third kappa shape index (κ3) is 20.2. The van der Waals surface area contributed by atoms with Gasteiger partial charge < -0.3 is 37.5 Å². The van der Waals surface area contributed by atoms with Gasteiger partial charge in [-0.15, -0.1) is 0 Å². The molecule has 0 fully saturated rings. The fourth-order valence-electron chi connectivity index (χ4n) is 19.1. The number of hydrogen-bond donors (Lipinski definition) is 1. The van der Waals surface area contributed by atoms with Crippen molar-refractivity contribution in [2.75, 3.05) is 0 Å². The number of aromatic nitrogens is 6. The van der Waals surface area contributed by atoms with Gasteiger partial charge in [-0.1, -0.05) is 313 Å². The van der Waals surface area contributed by atoms with E-state index < -0.39 is 31.5 Å². The van der Waals surface area contributed by atoms with Gasteiger partial charge in [0.1, 0.15) is 46.0 Å². The third-order valence-corrected chi connectivity index (χ3v) is 26.5. The lowest BCUT2D eigenvalue weighted by Crippen LogP contribution is -2.16. The first kappa shape index (κ1) is 84.6. The Morgan fingerprint density at radius 3 is 0.810 bits per heavy atom. The van der Waals surface area contributed by atoms with Crippen LogP contribution >= 0.6 is 7.82 Å². The van der Waals surface area contributed by atoms with E-state index in [2.05, 4.69) is 52.0 Å². The lowest BCUT2D eigenvalue weighted by Gasteiger charge is -2.32. The lowest BCUT2D eigenvalue weighted by atomic mass is 9.76. The molecule has 4 aliphatic heterocycles. The van der Waals surface area contributed by atoms with E-state index in [0.29, 0.717) is 98.8 Å². The summed E-state index contributed by atoms with van der Waals surface area (Å²) in [6.45, 7) is 9.09. The molecule has 18 heteroatoms. The number of rotatable bonds is 42. The fourth-order valence-corrected chi connectivity index (χ4v) is 19.9. The number of phosphoric ester groups is 1. The molecule has 11 aromatic rings. The highest BCUT2D eigenvalue weighted by atomic mass is 31.2. The van der Waals surface area contributed by atoms with Crippen molar-refractivity contribution >= 4 is 47.2 Å². The Morgan fingerprint density at radius 1 is 0.281 bits per heavy atom. The maximum absolute atomic E-state index is 15.6. The molecule has 16 rings (SSSR count). The van der Waals surface area contributed by atoms with Crippen LogP contribution in [0.1, 0.15) is 363 Å². The van der Waals surface area contributed by atoms with Crippen molar-refractivity contribution in [3.8, 4) is 92.4 Å². The normalized spacial score (nSPS) is 16.9. The zero-order chi connectivity index (χ0) is 82.9. The standard InChI is InChI=1S/C103H121N6O11P/c1-5-9-13-17-21-25-29-33-37-49-72-76-60-78-73(50-38-34-30-26-22-18-14-10-6-2)80-62-82-75(52-40-36-32-28-24-20-16-12-8-4)83-63-81-74(51-39-35-31-27-23-19-15-11-7-3)79-61-77(72)93-65-91(79)114-99-101(107-87-56-46-44-54-85(87)105-99)118-95(81)67-97(83)120-121(111,112)119-96(82)66-94(80)117-100-98(104-84-53-43-45-55-86(84)106-100)113-90(78)64-92(76)115-102-103(116-93)109-89-59-69(57-58-88(89)108-102)71-48-42-41-47-70(71)68-110/h41-48,53-68,72-75H,5-40,49-52H2,1-4H3,(H,111,112). The summed E-state index contributed by atoms with van der Waals surface area (Å²) in [6, 6.07) is 45.7. The van der Waals surface area contributed by atoms with Crippen LogP contribution in [0.4, 0.5) is 0 Å². The van der Waals surface area contributed by atoms with Crippen molar-refractivity contribution in [3.63, 3.8) is 0 Å². The first-order valence-corrected chi connectivity index (χ1v) is 47.9. The van der Waals surface area contributed by atoms with Crippen LogP contribution in [0, 0.1) is 0 Å². The Bertz CT molecular complexity index is 5480. The minimum atomic E-state index is -5.11. The van der Waals surface area contributed by atoms with E-state index in [1.54, 1.807) is 0 Å². The number of ether oxygens (including phenoxy) is 6. The van der Waals surface area contributed by atoms with Crippen LogP contribution in [-0.4, -0.2) is 41.1 Å². The number of phosphoric acid groups is 1. The molecule has 0 spiro atoms. The number of nitrogens with zero attached hydrogens (tertiary/aromatic N) is 6. The molecule has 8 bridgehead atoms. The van der Waals surface area contributed by atoms with E-state index >= 15 is 4.57 Å². The minimum Gasteiger partial charge on any atom is -0.434 e. The third-order valence-electron chi connectivity index (χ3n) is 25.6. The van der Waals surface area contributed by atoms with E-state index in [0.717, 1.165) is 165 Å². The molecule has 0 amide bonds. The predicted octanol–water partition coefficient (Wildman–Crippen LogP) is 31.1. The second kappa shape index (κ2) is 40.8. The second-order valence-electron chi connectivity index (χ2n) is 34.5. The maximum atomic E-state index is 15.6. The first-order chi connectivity index (χ1) is 59.5.